The largest absolute Gasteiger partial charge is 0.352 e. The van der Waals surface area contributed by atoms with E-state index in [9.17, 15) is 9.59 Å². The lowest BCUT2D eigenvalue weighted by atomic mass is 9.88. The summed E-state index contributed by atoms with van der Waals surface area (Å²) < 4.78 is 0. The van der Waals surface area contributed by atoms with E-state index in [0.717, 1.165) is 23.1 Å². The van der Waals surface area contributed by atoms with Gasteiger partial charge >= 0.3 is 0 Å². The molecular formula is C31H38N2O2. The molecule has 0 aliphatic carbocycles. The minimum absolute atomic E-state index is 0.00443. The Balaban J connectivity index is 1.89. The molecule has 0 saturated heterocycles. The summed E-state index contributed by atoms with van der Waals surface area (Å²) in [5.74, 6) is -0.136. The molecule has 0 radical (unpaired) electrons. The number of rotatable bonds is 12. The van der Waals surface area contributed by atoms with Crippen LogP contribution in [0.1, 0.15) is 62.6 Å². The van der Waals surface area contributed by atoms with Gasteiger partial charge in [0.15, 0.2) is 0 Å². The third-order valence-electron chi connectivity index (χ3n) is 6.65. The molecule has 0 saturated carbocycles. The summed E-state index contributed by atoms with van der Waals surface area (Å²) in [6, 6.07) is 30.1. The van der Waals surface area contributed by atoms with Crippen molar-refractivity contribution in [2.24, 2.45) is 0 Å². The Morgan fingerprint density at radius 1 is 0.771 bits per heavy atom. The molecule has 0 fully saturated rings. The standard InChI is InChI=1S/C31H38N2O2/c1-4-24(3)32-31(35)29(5-2)33(22-21-25-15-9-6-10-16-25)30(34)23-28(26-17-11-7-12-18-26)27-19-13-8-14-20-27/h6-20,24,28-29H,4-5,21-23H2,1-3H3,(H,32,35)/t24-,29-/m0/s1. The van der Waals surface area contributed by atoms with Crippen LogP contribution in [0.5, 0.6) is 0 Å². The molecule has 0 aliphatic rings. The molecule has 2 atom stereocenters. The lowest BCUT2D eigenvalue weighted by Crippen LogP contribution is -2.52. The van der Waals surface area contributed by atoms with Crippen LogP contribution in [0.4, 0.5) is 0 Å². The van der Waals surface area contributed by atoms with Gasteiger partial charge in [-0.25, -0.2) is 0 Å². The Morgan fingerprint density at radius 3 is 1.77 bits per heavy atom. The Bertz CT molecular complexity index is 998. The van der Waals surface area contributed by atoms with E-state index in [4.69, 9.17) is 0 Å². The van der Waals surface area contributed by atoms with Crippen molar-refractivity contribution >= 4 is 11.8 Å². The smallest absolute Gasteiger partial charge is 0.243 e. The summed E-state index contributed by atoms with van der Waals surface area (Å²) in [6.45, 7) is 6.54. The first-order chi connectivity index (χ1) is 17.0. The highest BCUT2D eigenvalue weighted by atomic mass is 16.2. The monoisotopic (exact) mass is 470 g/mol. The maximum atomic E-state index is 13.9. The Morgan fingerprint density at radius 2 is 1.29 bits per heavy atom. The van der Waals surface area contributed by atoms with Crippen molar-refractivity contribution in [3.05, 3.63) is 108 Å². The number of amides is 2. The minimum Gasteiger partial charge on any atom is -0.352 e. The summed E-state index contributed by atoms with van der Waals surface area (Å²) in [7, 11) is 0. The van der Waals surface area contributed by atoms with Crippen molar-refractivity contribution < 1.29 is 9.59 Å². The van der Waals surface area contributed by atoms with Crippen LogP contribution in [-0.2, 0) is 16.0 Å². The van der Waals surface area contributed by atoms with E-state index in [0.29, 0.717) is 25.8 Å². The number of nitrogens with one attached hydrogen (secondary N) is 1. The van der Waals surface area contributed by atoms with Gasteiger partial charge < -0.3 is 10.2 Å². The number of carbonyl (C=O) groups excluding carboxylic acids is 2. The van der Waals surface area contributed by atoms with Gasteiger partial charge in [0.2, 0.25) is 11.8 Å². The van der Waals surface area contributed by atoms with Gasteiger partial charge in [0.1, 0.15) is 6.04 Å². The summed E-state index contributed by atoms with van der Waals surface area (Å²) in [6.07, 6.45) is 2.45. The normalized spacial score (nSPS) is 12.7. The van der Waals surface area contributed by atoms with Gasteiger partial charge in [-0.1, -0.05) is 105 Å². The molecule has 0 aliphatic heterocycles. The van der Waals surface area contributed by atoms with Crippen LogP contribution in [0.3, 0.4) is 0 Å². The van der Waals surface area contributed by atoms with E-state index < -0.39 is 6.04 Å². The molecule has 1 N–H and O–H groups in total. The van der Waals surface area contributed by atoms with Crippen LogP contribution in [0.15, 0.2) is 91.0 Å². The molecular weight excluding hydrogens is 432 g/mol. The molecule has 3 aromatic carbocycles. The van der Waals surface area contributed by atoms with Crippen molar-refractivity contribution in [1.82, 2.24) is 10.2 Å². The third kappa shape index (κ3) is 7.54. The van der Waals surface area contributed by atoms with Gasteiger partial charge in [0.05, 0.1) is 0 Å². The van der Waals surface area contributed by atoms with Crippen LogP contribution in [-0.4, -0.2) is 35.3 Å². The van der Waals surface area contributed by atoms with Crippen molar-refractivity contribution in [2.75, 3.05) is 6.54 Å². The second-order valence-corrected chi connectivity index (χ2v) is 9.14. The maximum absolute atomic E-state index is 13.9. The fraction of sp³-hybridized carbons (Fsp3) is 0.355. The van der Waals surface area contributed by atoms with E-state index >= 15 is 0 Å². The number of nitrogens with zero attached hydrogens (tertiary/aromatic N) is 1. The highest BCUT2D eigenvalue weighted by molar-refractivity contribution is 5.88. The fourth-order valence-electron chi connectivity index (χ4n) is 4.43. The van der Waals surface area contributed by atoms with E-state index in [1.54, 1.807) is 0 Å². The average molecular weight is 471 g/mol. The van der Waals surface area contributed by atoms with Gasteiger partial charge in [-0.3, -0.25) is 9.59 Å². The lowest BCUT2D eigenvalue weighted by Gasteiger charge is -2.33. The number of carbonyl (C=O) groups is 2. The lowest BCUT2D eigenvalue weighted by molar-refractivity contribution is -0.141. The molecule has 0 heterocycles. The quantitative estimate of drug-likeness (QED) is 0.354. The topological polar surface area (TPSA) is 49.4 Å². The molecule has 4 nitrogen and oxygen atoms in total. The summed E-state index contributed by atoms with van der Waals surface area (Å²) in [5, 5.41) is 3.10. The number of hydrogen-bond acceptors (Lipinski definition) is 2. The van der Waals surface area contributed by atoms with Gasteiger partial charge in [-0.2, -0.15) is 0 Å². The number of hydrogen-bond donors (Lipinski definition) is 1. The first-order valence-corrected chi connectivity index (χ1v) is 12.8. The van der Waals surface area contributed by atoms with Crippen LogP contribution in [0.2, 0.25) is 0 Å². The van der Waals surface area contributed by atoms with Crippen molar-refractivity contribution in [3.8, 4) is 0 Å². The second-order valence-electron chi connectivity index (χ2n) is 9.14. The van der Waals surface area contributed by atoms with Crippen molar-refractivity contribution in [3.63, 3.8) is 0 Å². The molecule has 0 bridgehead atoms. The van der Waals surface area contributed by atoms with Crippen LogP contribution in [0.25, 0.3) is 0 Å². The minimum atomic E-state index is -0.493. The fourth-order valence-corrected chi connectivity index (χ4v) is 4.43. The predicted octanol–water partition coefficient (Wildman–Crippen LogP) is 5.97. The molecule has 35 heavy (non-hydrogen) atoms. The summed E-state index contributed by atoms with van der Waals surface area (Å²) in [4.78, 5) is 29.0. The van der Waals surface area contributed by atoms with E-state index in [1.807, 2.05) is 73.3 Å². The van der Waals surface area contributed by atoms with Crippen LogP contribution < -0.4 is 5.32 Å². The SMILES string of the molecule is CC[C@H](C)NC(=O)[C@H](CC)N(CCc1ccccc1)C(=O)CC(c1ccccc1)c1ccccc1. The van der Waals surface area contributed by atoms with E-state index in [1.165, 1.54) is 0 Å². The summed E-state index contributed by atoms with van der Waals surface area (Å²) in [5.41, 5.74) is 3.37. The van der Waals surface area contributed by atoms with Gasteiger partial charge in [0.25, 0.3) is 0 Å². The highest BCUT2D eigenvalue weighted by Gasteiger charge is 2.31. The molecule has 0 spiro atoms. The van der Waals surface area contributed by atoms with Crippen molar-refractivity contribution in [2.45, 2.75) is 64.5 Å². The van der Waals surface area contributed by atoms with Gasteiger partial charge in [-0.05, 0) is 42.9 Å². The average Bonchev–Trinajstić information content (AvgIpc) is 2.90. The van der Waals surface area contributed by atoms with E-state index in [-0.39, 0.29) is 23.8 Å². The van der Waals surface area contributed by atoms with Gasteiger partial charge in [0, 0.05) is 24.9 Å². The zero-order chi connectivity index (χ0) is 25.0. The Hall–Kier alpha value is -3.40. The second kappa shape index (κ2) is 13.5. The highest BCUT2D eigenvalue weighted by Crippen LogP contribution is 2.29. The maximum Gasteiger partial charge on any atom is 0.243 e. The van der Waals surface area contributed by atoms with E-state index in [2.05, 4.69) is 48.6 Å². The molecule has 2 amide bonds. The predicted molar refractivity (Wildman–Crippen MR) is 143 cm³/mol. The summed E-state index contributed by atoms with van der Waals surface area (Å²) >= 11 is 0. The molecule has 3 aromatic rings. The van der Waals surface area contributed by atoms with Crippen molar-refractivity contribution in [1.29, 1.82) is 0 Å². The third-order valence-corrected chi connectivity index (χ3v) is 6.65. The van der Waals surface area contributed by atoms with Gasteiger partial charge in [-0.15, -0.1) is 0 Å². The zero-order valence-corrected chi connectivity index (χ0v) is 21.2. The molecule has 184 valence electrons. The first kappa shape index (κ1) is 26.2. The molecule has 0 aromatic heterocycles. The molecule has 4 heteroatoms. The zero-order valence-electron chi connectivity index (χ0n) is 21.2. The Kier molecular flexibility index (Phi) is 10.1. The Labute approximate surface area is 210 Å². The first-order valence-electron chi connectivity index (χ1n) is 12.8. The number of benzene rings is 3. The van der Waals surface area contributed by atoms with Crippen LogP contribution >= 0.6 is 0 Å². The molecule has 0 unspecified atom stereocenters. The van der Waals surface area contributed by atoms with Crippen LogP contribution in [0, 0.1) is 0 Å². The molecule has 3 rings (SSSR count).